The summed E-state index contributed by atoms with van der Waals surface area (Å²) in [5, 5.41) is 12.8. The third-order valence-electron chi connectivity index (χ3n) is 3.90. The predicted octanol–water partition coefficient (Wildman–Crippen LogP) is 1.09. The molecule has 1 amide bonds. The van der Waals surface area contributed by atoms with E-state index in [4.69, 9.17) is 14.1 Å². The van der Waals surface area contributed by atoms with Crippen molar-refractivity contribution in [1.82, 2.24) is 5.32 Å². The zero-order valence-electron chi connectivity index (χ0n) is 15.5. The van der Waals surface area contributed by atoms with Gasteiger partial charge in [-0.05, 0) is 30.7 Å². The van der Waals surface area contributed by atoms with Gasteiger partial charge in [0.15, 0.2) is 0 Å². The number of carbonyl (C=O) groups excluding carboxylic acids is 3. The van der Waals surface area contributed by atoms with Gasteiger partial charge in [0, 0.05) is 6.42 Å². The second-order valence-electron chi connectivity index (χ2n) is 6.05. The maximum Gasteiger partial charge on any atom is 0.547 e. The Morgan fingerprint density at radius 3 is 2.82 bits per heavy atom. The average molecular weight is 413 g/mol. The highest BCUT2D eigenvalue weighted by Gasteiger charge is 2.39. The van der Waals surface area contributed by atoms with Crippen molar-refractivity contribution in [1.29, 1.82) is 0 Å². The Labute approximate surface area is 166 Å². The summed E-state index contributed by atoms with van der Waals surface area (Å²) in [6.45, 7) is 1.13. The molecule has 0 aromatic heterocycles. The summed E-state index contributed by atoms with van der Waals surface area (Å²) in [5.41, 5.74) is -0.0759. The number of hydrogen-bond acceptors (Lipinski definition) is 8. The van der Waals surface area contributed by atoms with Crippen molar-refractivity contribution in [2.24, 2.45) is 0 Å². The number of thioether (sulfide) groups is 1. The minimum Gasteiger partial charge on any atom is -0.534 e. The summed E-state index contributed by atoms with van der Waals surface area (Å²) in [6, 6.07) is 2.47. The van der Waals surface area contributed by atoms with E-state index in [0.29, 0.717) is 12.0 Å². The van der Waals surface area contributed by atoms with Crippen LogP contribution in [0.25, 0.3) is 0 Å². The van der Waals surface area contributed by atoms with Crippen molar-refractivity contribution in [3.8, 4) is 5.75 Å². The number of esters is 2. The summed E-state index contributed by atoms with van der Waals surface area (Å²) in [7, 11) is -1.46. The van der Waals surface area contributed by atoms with E-state index in [1.165, 1.54) is 17.8 Å². The zero-order chi connectivity index (χ0) is 20.7. The van der Waals surface area contributed by atoms with Crippen LogP contribution in [0.5, 0.6) is 5.75 Å². The maximum atomic E-state index is 14.2. The van der Waals surface area contributed by atoms with Crippen LogP contribution in [-0.2, 0) is 25.5 Å². The van der Waals surface area contributed by atoms with Crippen LogP contribution in [0.15, 0.2) is 12.1 Å². The van der Waals surface area contributed by atoms with Gasteiger partial charge in [-0.1, -0.05) is 13.0 Å². The summed E-state index contributed by atoms with van der Waals surface area (Å²) in [6.07, 6.45) is 2.66. The normalized spacial score (nSPS) is 15.3. The number of fused-ring (bicyclic) bond motifs is 1. The number of hydrogen-bond donors (Lipinski definition) is 2. The summed E-state index contributed by atoms with van der Waals surface area (Å²) >= 11 is 1.32. The Morgan fingerprint density at radius 1 is 1.39 bits per heavy atom. The molecule has 2 rings (SSSR count). The molecule has 2 N–H and O–H groups in total. The molecule has 0 saturated heterocycles. The molecule has 1 unspecified atom stereocenters. The largest absolute Gasteiger partial charge is 0.547 e. The van der Waals surface area contributed by atoms with E-state index in [1.807, 2.05) is 0 Å². The van der Waals surface area contributed by atoms with Crippen molar-refractivity contribution in [3.05, 3.63) is 29.1 Å². The second-order valence-corrected chi connectivity index (χ2v) is 6.91. The van der Waals surface area contributed by atoms with E-state index < -0.39 is 43.2 Å². The number of amides is 1. The number of benzene rings is 1. The molecule has 1 aromatic carbocycles. The topological polar surface area (TPSA) is 111 Å². The summed E-state index contributed by atoms with van der Waals surface area (Å²) in [4.78, 5) is 35.3. The first-order valence-corrected chi connectivity index (χ1v) is 10.0. The Bertz CT molecular complexity index is 748. The fourth-order valence-corrected chi connectivity index (χ4v) is 2.97. The minimum absolute atomic E-state index is 0.142. The Balaban J connectivity index is 2.11. The third kappa shape index (κ3) is 5.62. The van der Waals surface area contributed by atoms with E-state index in [-0.39, 0.29) is 30.3 Å². The molecule has 1 atom stereocenters. The first-order chi connectivity index (χ1) is 13.4. The number of ether oxygens (including phenoxy) is 2. The zero-order valence-corrected chi connectivity index (χ0v) is 16.3. The van der Waals surface area contributed by atoms with Gasteiger partial charge in [0.2, 0.25) is 12.7 Å². The standard InChI is InChI=1S/C17H21BFNO7S/c1-3-4-14(22)25-9-26-17(23)15-11(19)6-5-10-7-12(18(24)27-16(10)15)20-13(21)8-28-2/h5-6,12,24H,3-4,7-9H2,1-2H3,(H,20,21). The lowest BCUT2D eigenvalue weighted by Crippen LogP contribution is -2.53. The highest BCUT2D eigenvalue weighted by atomic mass is 32.2. The highest BCUT2D eigenvalue weighted by Crippen LogP contribution is 2.32. The van der Waals surface area contributed by atoms with E-state index in [0.717, 1.165) is 6.07 Å². The van der Waals surface area contributed by atoms with Gasteiger partial charge in [0.25, 0.3) is 0 Å². The molecule has 1 aliphatic rings. The molecule has 0 bridgehead atoms. The average Bonchev–Trinajstić information content (AvgIpc) is 2.63. The van der Waals surface area contributed by atoms with Crippen molar-refractivity contribution < 1.29 is 37.9 Å². The molecule has 0 saturated carbocycles. The van der Waals surface area contributed by atoms with Crippen LogP contribution in [0.2, 0.25) is 0 Å². The van der Waals surface area contributed by atoms with E-state index in [9.17, 15) is 23.8 Å². The molecular formula is C17H21BFNO7S. The first kappa shape index (κ1) is 22.0. The molecular weight excluding hydrogens is 392 g/mol. The Morgan fingerprint density at radius 2 is 2.14 bits per heavy atom. The molecule has 0 radical (unpaired) electrons. The maximum absolute atomic E-state index is 14.2. The van der Waals surface area contributed by atoms with Gasteiger partial charge in [-0.15, -0.1) is 0 Å². The van der Waals surface area contributed by atoms with Crippen molar-refractivity contribution in [3.63, 3.8) is 0 Å². The van der Waals surface area contributed by atoms with E-state index >= 15 is 0 Å². The number of carbonyl (C=O) groups is 3. The quantitative estimate of drug-likeness (QED) is 0.370. The van der Waals surface area contributed by atoms with Crippen LogP contribution >= 0.6 is 11.8 Å². The van der Waals surface area contributed by atoms with Crippen LogP contribution < -0.4 is 9.97 Å². The van der Waals surface area contributed by atoms with Gasteiger partial charge < -0.3 is 24.5 Å². The van der Waals surface area contributed by atoms with Crippen molar-refractivity contribution in [2.75, 3.05) is 18.8 Å². The van der Waals surface area contributed by atoms with Gasteiger partial charge in [-0.3, -0.25) is 9.59 Å². The van der Waals surface area contributed by atoms with Gasteiger partial charge in [-0.2, -0.15) is 11.8 Å². The smallest absolute Gasteiger partial charge is 0.534 e. The lowest BCUT2D eigenvalue weighted by Gasteiger charge is -2.29. The van der Waals surface area contributed by atoms with Gasteiger partial charge in [-0.25, -0.2) is 9.18 Å². The molecule has 0 fully saturated rings. The fourth-order valence-electron chi connectivity index (χ4n) is 2.63. The molecule has 1 heterocycles. The summed E-state index contributed by atoms with van der Waals surface area (Å²) in [5.74, 6) is -3.49. The van der Waals surface area contributed by atoms with Gasteiger partial charge >= 0.3 is 19.1 Å². The second kappa shape index (κ2) is 10.3. The predicted molar refractivity (Wildman–Crippen MR) is 100 cm³/mol. The monoisotopic (exact) mass is 413 g/mol. The van der Waals surface area contributed by atoms with Gasteiger partial charge in [0.1, 0.15) is 17.1 Å². The SMILES string of the molecule is CCCC(=O)OCOC(=O)c1c(F)ccc2c1OB(O)C(NC(=O)CSC)C2. The lowest BCUT2D eigenvalue weighted by molar-refractivity contribution is -0.152. The Hall–Kier alpha value is -2.27. The Kier molecular flexibility index (Phi) is 8.12. The van der Waals surface area contributed by atoms with Crippen molar-refractivity contribution >= 4 is 36.7 Å². The number of halogens is 1. The highest BCUT2D eigenvalue weighted by molar-refractivity contribution is 7.99. The van der Waals surface area contributed by atoms with Crippen LogP contribution in [-0.4, -0.2) is 54.7 Å². The molecule has 28 heavy (non-hydrogen) atoms. The minimum atomic E-state index is -1.46. The molecule has 11 heteroatoms. The van der Waals surface area contributed by atoms with Crippen LogP contribution in [0.1, 0.15) is 35.7 Å². The van der Waals surface area contributed by atoms with Crippen LogP contribution in [0.3, 0.4) is 0 Å². The van der Waals surface area contributed by atoms with Crippen LogP contribution in [0, 0.1) is 5.82 Å². The third-order valence-corrected chi connectivity index (χ3v) is 4.45. The van der Waals surface area contributed by atoms with E-state index in [2.05, 4.69) is 5.32 Å². The number of nitrogens with one attached hydrogen (secondary N) is 1. The first-order valence-electron chi connectivity index (χ1n) is 8.64. The van der Waals surface area contributed by atoms with Crippen molar-refractivity contribution in [2.45, 2.75) is 32.1 Å². The van der Waals surface area contributed by atoms with Crippen LogP contribution in [0.4, 0.5) is 4.39 Å². The molecule has 0 aliphatic carbocycles. The van der Waals surface area contributed by atoms with E-state index in [1.54, 1.807) is 13.2 Å². The lowest BCUT2D eigenvalue weighted by atomic mass is 9.72. The molecule has 1 aliphatic heterocycles. The van der Waals surface area contributed by atoms with Gasteiger partial charge in [0.05, 0.1) is 11.7 Å². The molecule has 1 aromatic rings. The molecule has 8 nitrogen and oxygen atoms in total. The molecule has 152 valence electrons. The fraction of sp³-hybridized carbons (Fsp3) is 0.471. The number of rotatable bonds is 8. The molecule has 0 spiro atoms. The summed E-state index contributed by atoms with van der Waals surface area (Å²) < 4.78 is 29.0.